The molecule has 25 heavy (non-hydrogen) atoms. The third-order valence-electron chi connectivity index (χ3n) is 3.64. The molecule has 2 rings (SSSR count). The van der Waals surface area contributed by atoms with Gasteiger partial charge in [0.05, 0.1) is 13.2 Å². The number of nitrogens with one attached hydrogen (secondary N) is 1. The van der Waals surface area contributed by atoms with Crippen molar-refractivity contribution in [2.24, 2.45) is 0 Å². The lowest BCUT2D eigenvalue weighted by Crippen LogP contribution is -2.30. The van der Waals surface area contributed by atoms with Gasteiger partial charge in [-0.3, -0.25) is 4.98 Å². The first-order valence-electron chi connectivity index (χ1n) is 7.90. The summed E-state index contributed by atoms with van der Waals surface area (Å²) in [6.07, 6.45) is 0.308. The smallest absolute Gasteiger partial charge is 0.407 e. The van der Waals surface area contributed by atoms with Crippen LogP contribution in [0.3, 0.4) is 0 Å². The number of ether oxygens (including phenoxy) is 2. The zero-order valence-corrected chi connectivity index (χ0v) is 14.0. The monoisotopic (exact) mass is 346 g/mol. The van der Waals surface area contributed by atoms with Gasteiger partial charge in [-0.15, -0.1) is 0 Å². The first-order chi connectivity index (χ1) is 12.1. The van der Waals surface area contributed by atoms with Crippen LogP contribution < -0.4 is 10.1 Å². The van der Waals surface area contributed by atoms with Gasteiger partial charge >= 0.3 is 6.09 Å². The molecule has 1 aromatic carbocycles. The molecule has 7 heteroatoms. The lowest BCUT2D eigenvalue weighted by atomic mass is 10.0. The predicted octanol–water partition coefficient (Wildman–Crippen LogP) is 1.80. The van der Waals surface area contributed by atoms with Crippen LogP contribution in [-0.4, -0.2) is 41.0 Å². The Morgan fingerprint density at radius 1 is 1.24 bits per heavy atom. The minimum absolute atomic E-state index is 0.152. The van der Waals surface area contributed by atoms with E-state index in [-0.39, 0.29) is 19.6 Å². The molecule has 0 spiro atoms. The second-order valence-corrected chi connectivity index (χ2v) is 5.41. The molecule has 2 unspecified atom stereocenters. The summed E-state index contributed by atoms with van der Waals surface area (Å²) in [4.78, 5) is 15.5. The number of aliphatic hydroxyl groups is 2. The average molecular weight is 346 g/mol. The molecule has 7 nitrogen and oxygen atoms in total. The maximum Gasteiger partial charge on any atom is 0.407 e. The van der Waals surface area contributed by atoms with E-state index in [1.54, 1.807) is 6.07 Å². The Hall–Kier alpha value is -2.64. The molecule has 3 N–H and O–H groups in total. The zero-order valence-electron chi connectivity index (χ0n) is 14.0. The largest absolute Gasteiger partial charge is 0.496 e. The van der Waals surface area contributed by atoms with Crippen LogP contribution in [0.5, 0.6) is 5.75 Å². The molecule has 1 amide bonds. The number of amides is 1. The molecular weight excluding hydrogens is 324 g/mol. The number of pyridine rings is 1. The van der Waals surface area contributed by atoms with Crippen LogP contribution in [0.25, 0.3) is 0 Å². The number of hydrogen-bond acceptors (Lipinski definition) is 6. The van der Waals surface area contributed by atoms with Gasteiger partial charge < -0.3 is 25.0 Å². The van der Waals surface area contributed by atoms with E-state index in [1.165, 1.54) is 19.5 Å². The van der Waals surface area contributed by atoms with Crippen molar-refractivity contribution in [1.82, 2.24) is 10.3 Å². The molecule has 0 saturated carbocycles. The Morgan fingerprint density at radius 2 is 2.00 bits per heavy atom. The van der Waals surface area contributed by atoms with Crippen molar-refractivity contribution >= 4 is 6.09 Å². The van der Waals surface area contributed by atoms with Crippen molar-refractivity contribution < 1.29 is 24.5 Å². The fourth-order valence-corrected chi connectivity index (χ4v) is 2.26. The Balaban J connectivity index is 1.74. The lowest BCUT2D eigenvalue weighted by molar-refractivity contribution is 0.0121. The normalized spacial score (nSPS) is 12.9. The van der Waals surface area contributed by atoms with Crippen molar-refractivity contribution in [3.63, 3.8) is 0 Å². The van der Waals surface area contributed by atoms with Crippen LogP contribution in [0.4, 0.5) is 4.79 Å². The van der Waals surface area contributed by atoms with Gasteiger partial charge in [-0.25, -0.2) is 4.79 Å². The van der Waals surface area contributed by atoms with Crippen LogP contribution in [0, 0.1) is 0 Å². The van der Waals surface area contributed by atoms with Crippen molar-refractivity contribution in [2.45, 2.75) is 25.2 Å². The van der Waals surface area contributed by atoms with Crippen LogP contribution in [0.15, 0.2) is 48.8 Å². The first-order valence-corrected chi connectivity index (χ1v) is 7.90. The van der Waals surface area contributed by atoms with E-state index in [2.05, 4.69) is 10.3 Å². The fourth-order valence-electron chi connectivity index (χ4n) is 2.26. The van der Waals surface area contributed by atoms with Gasteiger partial charge in [0.25, 0.3) is 0 Å². The summed E-state index contributed by atoms with van der Waals surface area (Å²) in [6.45, 7) is 0.333. The van der Waals surface area contributed by atoms with Gasteiger partial charge in [-0.05, 0) is 18.1 Å². The molecular formula is C18H22N2O5. The molecule has 0 aliphatic rings. The molecule has 0 saturated heterocycles. The van der Waals surface area contributed by atoms with Gasteiger partial charge in [-0.2, -0.15) is 0 Å². The van der Waals surface area contributed by atoms with E-state index in [4.69, 9.17) is 9.47 Å². The summed E-state index contributed by atoms with van der Waals surface area (Å²) >= 11 is 0. The topological polar surface area (TPSA) is 101 Å². The van der Waals surface area contributed by atoms with Gasteiger partial charge in [0, 0.05) is 24.5 Å². The highest BCUT2D eigenvalue weighted by atomic mass is 16.5. The summed E-state index contributed by atoms with van der Waals surface area (Å²) in [6, 6.07) is 10.9. The summed E-state index contributed by atoms with van der Waals surface area (Å²) in [5.74, 6) is 0.441. The molecule has 0 fully saturated rings. The van der Waals surface area contributed by atoms with E-state index >= 15 is 0 Å². The number of carbonyl (C=O) groups is 1. The molecule has 0 aliphatic heterocycles. The average Bonchev–Trinajstić information content (AvgIpc) is 2.66. The molecule has 1 aromatic heterocycles. The molecule has 1 heterocycles. The summed E-state index contributed by atoms with van der Waals surface area (Å²) < 4.78 is 10.2. The highest BCUT2D eigenvalue weighted by Crippen LogP contribution is 2.26. The number of aliphatic hydroxyl groups excluding tert-OH is 2. The number of methoxy groups -OCH3 is 1. The number of rotatable bonds is 8. The van der Waals surface area contributed by atoms with Crippen LogP contribution >= 0.6 is 0 Å². The predicted molar refractivity (Wildman–Crippen MR) is 91.0 cm³/mol. The van der Waals surface area contributed by atoms with Gasteiger partial charge in [0.15, 0.2) is 0 Å². The maximum atomic E-state index is 11.6. The van der Waals surface area contributed by atoms with Gasteiger partial charge in [-0.1, -0.05) is 30.3 Å². The second kappa shape index (κ2) is 9.61. The Morgan fingerprint density at radius 3 is 2.72 bits per heavy atom. The van der Waals surface area contributed by atoms with E-state index in [9.17, 15) is 15.0 Å². The van der Waals surface area contributed by atoms with Gasteiger partial charge in [0.2, 0.25) is 0 Å². The van der Waals surface area contributed by atoms with Crippen molar-refractivity contribution in [1.29, 1.82) is 0 Å². The van der Waals surface area contributed by atoms with E-state index in [0.29, 0.717) is 11.3 Å². The van der Waals surface area contributed by atoms with Crippen LogP contribution in [0.1, 0.15) is 23.7 Å². The standard InChI is InChI=1S/C18H22N2O5/c1-24-16-8-9-19-11-14(16)17(22)15(21)7-10-20-18(23)25-12-13-5-3-2-4-6-13/h2-6,8-9,11,15,17,21-22H,7,10,12H2,1H3,(H,20,23). The highest BCUT2D eigenvalue weighted by molar-refractivity contribution is 5.67. The van der Waals surface area contributed by atoms with Crippen molar-refractivity contribution in [3.05, 3.63) is 59.9 Å². The second-order valence-electron chi connectivity index (χ2n) is 5.41. The number of benzene rings is 1. The minimum Gasteiger partial charge on any atom is -0.496 e. The molecule has 2 atom stereocenters. The summed E-state index contributed by atoms with van der Waals surface area (Å²) in [7, 11) is 1.47. The lowest BCUT2D eigenvalue weighted by Gasteiger charge is -2.19. The SMILES string of the molecule is COc1ccncc1C(O)C(O)CCNC(=O)OCc1ccccc1. The van der Waals surface area contributed by atoms with Crippen molar-refractivity contribution in [3.8, 4) is 5.75 Å². The summed E-state index contributed by atoms with van der Waals surface area (Å²) in [5.41, 5.74) is 1.28. The van der Waals surface area contributed by atoms with E-state index < -0.39 is 18.3 Å². The fraction of sp³-hybridized carbons (Fsp3) is 0.333. The maximum absolute atomic E-state index is 11.6. The number of alkyl carbamates (subject to hydrolysis) is 1. The Kier molecular flexibility index (Phi) is 7.18. The molecule has 0 radical (unpaired) electrons. The third-order valence-corrected chi connectivity index (χ3v) is 3.64. The molecule has 2 aromatic rings. The van der Waals surface area contributed by atoms with Gasteiger partial charge in [0.1, 0.15) is 18.5 Å². The quantitative estimate of drug-likeness (QED) is 0.674. The van der Waals surface area contributed by atoms with E-state index in [1.807, 2.05) is 30.3 Å². The number of carbonyl (C=O) groups excluding carboxylic acids is 1. The summed E-state index contributed by atoms with van der Waals surface area (Å²) in [5, 5.41) is 22.8. The number of hydrogen-bond donors (Lipinski definition) is 3. The van der Waals surface area contributed by atoms with Crippen LogP contribution in [0.2, 0.25) is 0 Å². The van der Waals surface area contributed by atoms with Crippen LogP contribution in [-0.2, 0) is 11.3 Å². The minimum atomic E-state index is -1.16. The Labute approximate surface area is 146 Å². The molecule has 0 bridgehead atoms. The number of aromatic nitrogens is 1. The number of nitrogens with zero attached hydrogens (tertiary/aromatic N) is 1. The zero-order chi connectivity index (χ0) is 18.1. The van der Waals surface area contributed by atoms with E-state index in [0.717, 1.165) is 5.56 Å². The van der Waals surface area contributed by atoms with Crippen molar-refractivity contribution in [2.75, 3.05) is 13.7 Å². The first kappa shape index (κ1) is 18.7. The molecule has 134 valence electrons. The third kappa shape index (κ3) is 5.74. The Bertz CT molecular complexity index is 666. The highest BCUT2D eigenvalue weighted by Gasteiger charge is 2.22. The molecule has 0 aliphatic carbocycles.